The Morgan fingerprint density at radius 1 is 1.14 bits per heavy atom. The molecule has 0 radical (unpaired) electrons. The maximum Gasteiger partial charge on any atom is 0.240 e. The zero-order valence-corrected chi connectivity index (χ0v) is 17.7. The molecule has 1 aromatic heterocycles. The van der Waals surface area contributed by atoms with Crippen LogP contribution in [0.3, 0.4) is 0 Å². The topological polar surface area (TPSA) is 51.0 Å². The molecule has 2 saturated carbocycles. The Balaban J connectivity index is 1.41. The van der Waals surface area contributed by atoms with Crippen molar-refractivity contribution in [3.63, 3.8) is 0 Å². The summed E-state index contributed by atoms with van der Waals surface area (Å²) in [7, 11) is 0. The number of anilines is 1. The van der Waals surface area contributed by atoms with Crippen LogP contribution in [0.25, 0.3) is 10.8 Å². The van der Waals surface area contributed by atoms with Crippen LogP contribution in [0.2, 0.25) is 0 Å². The number of rotatable bonds is 7. The average molecular weight is 407 g/mol. The van der Waals surface area contributed by atoms with Gasteiger partial charge in [0.05, 0.1) is 10.9 Å². The summed E-state index contributed by atoms with van der Waals surface area (Å²) in [5, 5.41) is 11.9. The van der Waals surface area contributed by atoms with Crippen LogP contribution < -0.4 is 4.90 Å². The zero-order chi connectivity index (χ0) is 20.0. The van der Waals surface area contributed by atoms with Crippen LogP contribution in [0, 0.1) is 0 Å². The predicted molar refractivity (Wildman–Crippen MR) is 118 cm³/mol. The van der Waals surface area contributed by atoms with E-state index >= 15 is 0 Å². The second kappa shape index (κ2) is 7.48. The lowest BCUT2D eigenvalue weighted by atomic mass is 10.1. The van der Waals surface area contributed by atoms with E-state index in [4.69, 9.17) is 0 Å². The first-order chi connectivity index (χ1) is 14.2. The Hall–Kier alpha value is -2.34. The zero-order valence-electron chi connectivity index (χ0n) is 16.9. The first-order valence-electron chi connectivity index (χ1n) is 10.6. The lowest BCUT2D eigenvalue weighted by molar-refractivity contribution is -0.117. The molecule has 0 aliphatic heterocycles. The van der Waals surface area contributed by atoms with Crippen molar-refractivity contribution in [1.29, 1.82) is 0 Å². The van der Waals surface area contributed by atoms with E-state index in [-0.39, 0.29) is 11.2 Å². The monoisotopic (exact) mass is 406 g/mol. The van der Waals surface area contributed by atoms with E-state index in [0.717, 1.165) is 27.4 Å². The highest BCUT2D eigenvalue weighted by atomic mass is 32.2. The normalized spacial score (nSPS) is 17.4. The van der Waals surface area contributed by atoms with Crippen molar-refractivity contribution in [2.45, 2.75) is 61.9 Å². The quantitative estimate of drug-likeness (QED) is 0.508. The highest BCUT2D eigenvalue weighted by molar-refractivity contribution is 8.00. The third-order valence-corrected chi connectivity index (χ3v) is 6.86. The third-order valence-electron chi connectivity index (χ3n) is 5.82. The van der Waals surface area contributed by atoms with Gasteiger partial charge in [-0.3, -0.25) is 4.79 Å². The number of benzene rings is 2. The van der Waals surface area contributed by atoms with Gasteiger partial charge in [0.1, 0.15) is 5.82 Å². The number of fused-ring (bicyclic) bond motifs is 1. The highest BCUT2D eigenvalue weighted by Crippen LogP contribution is 2.46. The van der Waals surface area contributed by atoms with Crippen LogP contribution in [0.5, 0.6) is 0 Å². The van der Waals surface area contributed by atoms with Crippen molar-refractivity contribution in [1.82, 2.24) is 14.8 Å². The van der Waals surface area contributed by atoms with Crippen molar-refractivity contribution in [2.75, 3.05) is 11.4 Å². The van der Waals surface area contributed by atoms with Gasteiger partial charge < -0.3 is 9.47 Å². The van der Waals surface area contributed by atoms with Gasteiger partial charge in [-0.15, -0.1) is 10.2 Å². The van der Waals surface area contributed by atoms with Gasteiger partial charge in [0.15, 0.2) is 5.16 Å². The van der Waals surface area contributed by atoms with Gasteiger partial charge >= 0.3 is 0 Å². The number of hydrogen-bond donors (Lipinski definition) is 0. The lowest BCUT2D eigenvalue weighted by Crippen LogP contribution is -2.36. The summed E-state index contributed by atoms with van der Waals surface area (Å²) in [6, 6.07) is 14.9. The van der Waals surface area contributed by atoms with Gasteiger partial charge in [0.25, 0.3) is 0 Å². The maximum atomic E-state index is 13.4. The molecule has 6 heteroatoms. The standard InChI is InChI=1S/C23H26N4OS/c1-3-26(20-10-6-8-16-7-4-5-9-19(16)20)22(28)15(2)29-23-25-24-21(17-11-12-17)27(23)18-13-14-18/h4-10,15,17-18H,3,11-14H2,1-2H3/t15-/m0/s1. The van der Waals surface area contributed by atoms with Gasteiger partial charge in [-0.1, -0.05) is 48.2 Å². The largest absolute Gasteiger partial charge is 0.311 e. The predicted octanol–water partition coefficient (Wildman–Crippen LogP) is 5.18. The summed E-state index contributed by atoms with van der Waals surface area (Å²) in [6.07, 6.45) is 4.83. The van der Waals surface area contributed by atoms with Crippen LogP contribution in [0.15, 0.2) is 47.6 Å². The SMILES string of the molecule is CCN(C(=O)[C@H](C)Sc1nnc(C2CC2)n1C1CC1)c1cccc2ccccc12. The number of thioether (sulfide) groups is 1. The van der Waals surface area contributed by atoms with E-state index in [2.05, 4.69) is 33.0 Å². The van der Waals surface area contributed by atoms with E-state index < -0.39 is 0 Å². The molecule has 29 heavy (non-hydrogen) atoms. The van der Waals surface area contributed by atoms with Crippen LogP contribution in [-0.4, -0.2) is 32.5 Å². The molecule has 0 unspecified atom stereocenters. The fraction of sp³-hybridized carbons (Fsp3) is 0.435. The third kappa shape index (κ3) is 3.54. The molecule has 0 N–H and O–H groups in total. The summed E-state index contributed by atoms with van der Waals surface area (Å²) in [6.45, 7) is 4.67. The first kappa shape index (κ1) is 18.7. The van der Waals surface area contributed by atoms with Crippen LogP contribution >= 0.6 is 11.8 Å². The Morgan fingerprint density at radius 3 is 2.62 bits per heavy atom. The molecule has 1 atom stereocenters. The smallest absolute Gasteiger partial charge is 0.240 e. The molecular formula is C23H26N4OS. The van der Waals surface area contributed by atoms with Crippen LogP contribution in [0.4, 0.5) is 5.69 Å². The number of amides is 1. The van der Waals surface area contributed by atoms with E-state index in [0.29, 0.717) is 18.5 Å². The Labute approximate surface area is 175 Å². The fourth-order valence-corrected chi connectivity index (χ4v) is 4.97. The second-order valence-electron chi connectivity index (χ2n) is 8.06. The second-order valence-corrected chi connectivity index (χ2v) is 9.37. The molecule has 2 fully saturated rings. The van der Waals surface area contributed by atoms with Gasteiger partial charge in [-0.05, 0) is 51.0 Å². The molecular weight excluding hydrogens is 380 g/mol. The maximum absolute atomic E-state index is 13.4. The lowest BCUT2D eigenvalue weighted by Gasteiger charge is -2.25. The van der Waals surface area contributed by atoms with Crippen LogP contribution in [-0.2, 0) is 4.79 Å². The molecule has 5 rings (SSSR count). The number of aromatic nitrogens is 3. The first-order valence-corrected chi connectivity index (χ1v) is 11.5. The fourth-order valence-electron chi connectivity index (χ4n) is 3.98. The summed E-state index contributed by atoms with van der Waals surface area (Å²) >= 11 is 1.55. The molecule has 0 saturated heterocycles. The van der Waals surface area contributed by atoms with E-state index in [1.165, 1.54) is 25.7 Å². The molecule has 1 heterocycles. The molecule has 0 bridgehead atoms. The molecule has 5 nitrogen and oxygen atoms in total. The van der Waals surface area contributed by atoms with Crippen molar-refractivity contribution >= 4 is 34.1 Å². The summed E-state index contributed by atoms with van der Waals surface area (Å²) in [4.78, 5) is 15.3. The number of hydrogen-bond acceptors (Lipinski definition) is 4. The number of carbonyl (C=O) groups is 1. The van der Waals surface area contributed by atoms with Crippen molar-refractivity contribution in [3.05, 3.63) is 48.3 Å². The van der Waals surface area contributed by atoms with Gasteiger partial charge in [-0.2, -0.15) is 0 Å². The summed E-state index contributed by atoms with van der Waals surface area (Å²) < 4.78 is 2.32. The van der Waals surface area contributed by atoms with Gasteiger partial charge in [-0.25, -0.2) is 0 Å². The summed E-state index contributed by atoms with van der Waals surface area (Å²) in [5.41, 5.74) is 0.977. The van der Waals surface area contributed by atoms with Gasteiger partial charge in [0.2, 0.25) is 5.91 Å². The molecule has 2 aliphatic rings. The summed E-state index contributed by atoms with van der Waals surface area (Å²) in [5.74, 6) is 1.83. The number of nitrogens with zero attached hydrogens (tertiary/aromatic N) is 4. The number of carbonyl (C=O) groups excluding carboxylic acids is 1. The van der Waals surface area contributed by atoms with Gasteiger partial charge in [0, 0.05) is 23.9 Å². The molecule has 2 aliphatic carbocycles. The molecule has 3 aromatic rings. The van der Waals surface area contributed by atoms with E-state index in [1.807, 2.05) is 43.0 Å². The van der Waals surface area contributed by atoms with Crippen molar-refractivity contribution < 1.29 is 4.79 Å². The van der Waals surface area contributed by atoms with Crippen LogP contribution in [0.1, 0.15) is 57.3 Å². The molecule has 1 amide bonds. The molecule has 2 aromatic carbocycles. The minimum absolute atomic E-state index is 0.118. The Kier molecular flexibility index (Phi) is 4.82. The Morgan fingerprint density at radius 2 is 1.90 bits per heavy atom. The highest BCUT2D eigenvalue weighted by Gasteiger charge is 2.37. The Bertz CT molecular complexity index is 1050. The van der Waals surface area contributed by atoms with Crippen molar-refractivity contribution in [2.24, 2.45) is 0 Å². The van der Waals surface area contributed by atoms with Crippen molar-refractivity contribution in [3.8, 4) is 0 Å². The molecule has 0 spiro atoms. The average Bonchev–Trinajstić information content (AvgIpc) is 3.67. The van der Waals surface area contributed by atoms with E-state index in [9.17, 15) is 4.79 Å². The molecule has 150 valence electrons. The minimum atomic E-state index is -0.220. The minimum Gasteiger partial charge on any atom is -0.311 e. The van der Waals surface area contributed by atoms with E-state index in [1.54, 1.807) is 11.8 Å².